The Balaban J connectivity index is 1.68. The third-order valence-corrected chi connectivity index (χ3v) is 7.44. The van der Waals surface area contributed by atoms with Crippen LogP contribution in [0.15, 0.2) is 40.9 Å². The Labute approximate surface area is 219 Å². The molecule has 1 saturated heterocycles. The molecule has 2 heterocycles. The number of aliphatic carboxylic acids is 1. The lowest BCUT2D eigenvalue weighted by Gasteiger charge is -2.30. The maximum atomic E-state index is 14.0. The first kappa shape index (κ1) is 26.1. The summed E-state index contributed by atoms with van der Waals surface area (Å²) in [4.78, 5) is 32.1. The van der Waals surface area contributed by atoms with Gasteiger partial charge in [0.1, 0.15) is 11.6 Å². The second-order valence-electron chi connectivity index (χ2n) is 9.48. The zero-order valence-corrected chi connectivity index (χ0v) is 22.2. The van der Waals surface area contributed by atoms with Crippen LogP contribution in [0.5, 0.6) is 0 Å². The number of pyridine rings is 1. The van der Waals surface area contributed by atoms with E-state index >= 15 is 0 Å². The van der Waals surface area contributed by atoms with Crippen LogP contribution >= 0.6 is 15.9 Å². The number of amides is 1. The molecule has 36 heavy (non-hydrogen) atoms. The number of carbonyl (C=O) groups excluding carboxylic acids is 1. The van der Waals surface area contributed by atoms with Crippen molar-refractivity contribution in [2.75, 3.05) is 24.5 Å². The van der Waals surface area contributed by atoms with Crippen LogP contribution in [0.4, 0.5) is 10.2 Å². The molecule has 1 aromatic heterocycles. The summed E-state index contributed by atoms with van der Waals surface area (Å²) in [5.41, 5.74) is 3.71. The molecule has 2 N–H and O–H groups in total. The number of piperidine rings is 1. The van der Waals surface area contributed by atoms with Gasteiger partial charge in [-0.2, -0.15) is 0 Å². The number of hydrogen-bond acceptors (Lipinski definition) is 4. The molecule has 4 rings (SSSR count). The molecule has 0 saturated carbocycles. The first-order valence-electron chi connectivity index (χ1n) is 12.4. The summed E-state index contributed by atoms with van der Waals surface area (Å²) in [6.07, 6.45) is 3.61. The van der Waals surface area contributed by atoms with Crippen LogP contribution in [0.3, 0.4) is 0 Å². The maximum absolute atomic E-state index is 14.0. The number of aromatic nitrogens is 1. The lowest BCUT2D eigenvalue weighted by atomic mass is 9.90. The van der Waals surface area contributed by atoms with E-state index in [1.165, 1.54) is 18.6 Å². The van der Waals surface area contributed by atoms with Gasteiger partial charge in [-0.25, -0.2) is 9.37 Å². The highest BCUT2D eigenvalue weighted by atomic mass is 79.9. The van der Waals surface area contributed by atoms with Crippen molar-refractivity contribution >= 4 is 44.5 Å². The monoisotopic (exact) mass is 555 g/mol. The van der Waals surface area contributed by atoms with Crippen LogP contribution in [-0.2, 0) is 4.79 Å². The predicted molar refractivity (Wildman–Crippen MR) is 143 cm³/mol. The molecule has 0 aliphatic carbocycles. The topological polar surface area (TPSA) is 82.5 Å². The Morgan fingerprint density at radius 1 is 1.14 bits per heavy atom. The molecular formula is C28H31BrFN3O3. The van der Waals surface area contributed by atoms with E-state index < -0.39 is 5.97 Å². The number of aryl methyl sites for hydroxylation is 1. The van der Waals surface area contributed by atoms with E-state index in [9.17, 15) is 19.1 Å². The lowest BCUT2D eigenvalue weighted by Crippen LogP contribution is -2.33. The van der Waals surface area contributed by atoms with E-state index in [1.807, 2.05) is 32.0 Å². The zero-order valence-electron chi connectivity index (χ0n) is 20.6. The van der Waals surface area contributed by atoms with Gasteiger partial charge in [0.05, 0.1) is 11.1 Å². The molecule has 1 aliphatic rings. The van der Waals surface area contributed by atoms with Crippen LogP contribution in [0, 0.1) is 19.7 Å². The number of benzene rings is 2. The summed E-state index contributed by atoms with van der Waals surface area (Å²) in [6, 6.07) is 10.2. The molecule has 2 aromatic carbocycles. The van der Waals surface area contributed by atoms with Crippen molar-refractivity contribution in [1.82, 2.24) is 10.3 Å². The standard InChI is InChI=1S/C28H31BrFN3O3/c1-17-6-9-21(30)15-22(17)19(7-11-25(34)35)16-31-28(36)26-18(2)27(33-12-4-3-5-13-33)32-24-10-8-20(29)14-23(24)26/h6,8-10,14-15,19H,3-5,7,11-13,16H2,1-2H3,(H,31,36)(H,34,35)/t19-/m1/s1. The van der Waals surface area contributed by atoms with Crippen LogP contribution in [0.2, 0.25) is 0 Å². The number of carboxylic acid groups (broad SMARTS) is 1. The fourth-order valence-electron chi connectivity index (χ4n) is 5.04. The van der Waals surface area contributed by atoms with E-state index in [0.29, 0.717) is 17.5 Å². The molecule has 190 valence electrons. The molecule has 8 heteroatoms. The number of fused-ring (bicyclic) bond motifs is 1. The second-order valence-corrected chi connectivity index (χ2v) is 10.4. The van der Waals surface area contributed by atoms with Crippen LogP contribution in [0.25, 0.3) is 10.9 Å². The van der Waals surface area contributed by atoms with Gasteiger partial charge in [0.15, 0.2) is 0 Å². The van der Waals surface area contributed by atoms with Gasteiger partial charge >= 0.3 is 5.97 Å². The number of carboxylic acids is 1. The van der Waals surface area contributed by atoms with Gasteiger partial charge in [-0.15, -0.1) is 0 Å². The average Bonchev–Trinajstić information content (AvgIpc) is 2.85. The van der Waals surface area contributed by atoms with Crippen molar-refractivity contribution in [3.63, 3.8) is 0 Å². The van der Waals surface area contributed by atoms with E-state index in [0.717, 1.165) is 58.3 Å². The molecule has 6 nitrogen and oxygen atoms in total. The third-order valence-electron chi connectivity index (χ3n) is 6.94. The summed E-state index contributed by atoms with van der Waals surface area (Å²) in [5.74, 6) is -1.05. The van der Waals surface area contributed by atoms with Crippen molar-refractivity contribution in [3.05, 3.63) is 68.9 Å². The SMILES string of the molecule is Cc1ccc(F)cc1[C@H](CCC(=O)O)CNC(=O)c1c(C)c(N2CCCCC2)nc2ccc(Br)cc12. The highest BCUT2D eigenvalue weighted by Crippen LogP contribution is 2.32. The van der Waals surface area contributed by atoms with Crippen molar-refractivity contribution in [2.24, 2.45) is 0 Å². The van der Waals surface area contributed by atoms with Crippen molar-refractivity contribution in [3.8, 4) is 0 Å². The summed E-state index contributed by atoms with van der Waals surface area (Å²) in [6.45, 7) is 5.82. The predicted octanol–water partition coefficient (Wildman–Crippen LogP) is 6.12. The Kier molecular flexibility index (Phi) is 8.24. The van der Waals surface area contributed by atoms with Crippen molar-refractivity contribution in [2.45, 2.75) is 51.9 Å². The number of halogens is 2. The van der Waals surface area contributed by atoms with Gasteiger partial charge in [0.2, 0.25) is 0 Å². The largest absolute Gasteiger partial charge is 0.481 e. The van der Waals surface area contributed by atoms with Crippen LogP contribution in [-0.4, -0.2) is 41.6 Å². The number of rotatable bonds is 8. The Hall–Kier alpha value is -3.00. The fraction of sp³-hybridized carbons (Fsp3) is 0.393. The van der Waals surface area contributed by atoms with Gasteiger partial charge in [-0.1, -0.05) is 22.0 Å². The smallest absolute Gasteiger partial charge is 0.303 e. The van der Waals surface area contributed by atoms with Gasteiger partial charge in [-0.3, -0.25) is 9.59 Å². The minimum atomic E-state index is -0.924. The first-order valence-corrected chi connectivity index (χ1v) is 13.1. The molecule has 1 amide bonds. The van der Waals surface area contributed by atoms with Gasteiger partial charge < -0.3 is 15.3 Å². The second kappa shape index (κ2) is 11.4. The van der Waals surface area contributed by atoms with Crippen LogP contribution in [0.1, 0.15) is 65.1 Å². The number of nitrogens with zero attached hydrogens (tertiary/aromatic N) is 2. The van der Waals surface area contributed by atoms with E-state index in [2.05, 4.69) is 26.1 Å². The number of carbonyl (C=O) groups is 2. The van der Waals surface area contributed by atoms with E-state index in [4.69, 9.17) is 4.98 Å². The molecule has 0 unspecified atom stereocenters. The van der Waals surface area contributed by atoms with Gasteiger partial charge in [-0.05, 0) is 81.0 Å². The Morgan fingerprint density at radius 3 is 2.61 bits per heavy atom. The highest BCUT2D eigenvalue weighted by molar-refractivity contribution is 9.10. The number of hydrogen-bond donors (Lipinski definition) is 2. The van der Waals surface area contributed by atoms with Gasteiger partial charge in [0.25, 0.3) is 5.91 Å². The van der Waals surface area contributed by atoms with Crippen molar-refractivity contribution < 1.29 is 19.1 Å². The lowest BCUT2D eigenvalue weighted by molar-refractivity contribution is -0.137. The first-order chi connectivity index (χ1) is 17.2. The van der Waals surface area contributed by atoms with E-state index in [1.54, 1.807) is 6.07 Å². The average molecular weight is 556 g/mol. The summed E-state index contributed by atoms with van der Waals surface area (Å²) >= 11 is 3.52. The Bertz CT molecular complexity index is 1290. The van der Waals surface area contributed by atoms with Crippen molar-refractivity contribution in [1.29, 1.82) is 0 Å². The fourth-order valence-corrected chi connectivity index (χ4v) is 5.41. The highest BCUT2D eigenvalue weighted by Gasteiger charge is 2.24. The zero-order chi connectivity index (χ0) is 25.8. The van der Waals surface area contributed by atoms with Crippen LogP contribution < -0.4 is 10.2 Å². The maximum Gasteiger partial charge on any atom is 0.303 e. The molecule has 0 radical (unpaired) electrons. The molecule has 0 spiro atoms. The minimum absolute atomic E-state index is 0.0697. The molecule has 1 atom stereocenters. The minimum Gasteiger partial charge on any atom is -0.481 e. The normalized spacial score (nSPS) is 14.6. The molecule has 0 bridgehead atoms. The molecule has 1 fully saturated rings. The summed E-state index contributed by atoms with van der Waals surface area (Å²) in [7, 11) is 0. The molecule has 1 aliphatic heterocycles. The quantitative estimate of drug-likeness (QED) is 0.349. The number of nitrogens with one attached hydrogen (secondary N) is 1. The summed E-state index contributed by atoms with van der Waals surface area (Å²) < 4.78 is 14.9. The van der Waals surface area contributed by atoms with E-state index in [-0.39, 0.29) is 30.6 Å². The Morgan fingerprint density at radius 2 is 1.89 bits per heavy atom. The third kappa shape index (κ3) is 5.86. The van der Waals surface area contributed by atoms with Gasteiger partial charge in [0, 0.05) is 47.4 Å². The molecule has 3 aromatic rings. The molecular weight excluding hydrogens is 525 g/mol. The summed E-state index contributed by atoms with van der Waals surface area (Å²) in [5, 5.41) is 13.0. The number of anilines is 1.